The third-order valence-electron chi connectivity index (χ3n) is 4.36. The number of halogens is 1. The van der Waals surface area contributed by atoms with Gasteiger partial charge in [0.05, 0.1) is 0 Å². The number of benzene rings is 1. The highest BCUT2D eigenvalue weighted by Crippen LogP contribution is 2.19. The summed E-state index contributed by atoms with van der Waals surface area (Å²) >= 11 is 0. The van der Waals surface area contributed by atoms with Gasteiger partial charge in [-0.2, -0.15) is 5.10 Å². The van der Waals surface area contributed by atoms with Gasteiger partial charge in [0.1, 0.15) is 11.5 Å². The van der Waals surface area contributed by atoms with Crippen LogP contribution in [0.1, 0.15) is 48.8 Å². The average Bonchev–Trinajstić information content (AvgIpc) is 3.07. The molecule has 1 fully saturated rings. The van der Waals surface area contributed by atoms with Gasteiger partial charge < -0.3 is 10.2 Å². The number of aromatic amines is 1. The zero-order valence-corrected chi connectivity index (χ0v) is 14.1. The Morgan fingerprint density at radius 2 is 2.12 bits per heavy atom. The number of nitrogens with zero attached hydrogens (tertiary/aromatic N) is 2. The molecule has 0 bridgehead atoms. The van der Waals surface area contributed by atoms with Crippen molar-refractivity contribution in [3.63, 3.8) is 0 Å². The van der Waals surface area contributed by atoms with Crippen molar-refractivity contribution in [2.45, 2.75) is 38.6 Å². The standard InChI is InChI=1S/C18H23FN4O/c1-12(2)16-10-17(22-21-16)18(24)23-9-3-4-15(11-23)20-14-7-5-13(19)6-8-14/h5-8,10,12,15,20H,3-4,9,11H2,1-2H3,(H,21,22)/t15-/m1/s1. The summed E-state index contributed by atoms with van der Waals surface area (Å²) in [6.45, 7) is 5.49. The van der Waals surface area contributed by atoms with Gasteiger partial charge in [-0.25, -0.2) is 4.39 Å². The Labute approximate surface area is 141 Å². The Morgan fingerprint density at radius 3 is 2.79 bits per heavy atom. The van der Waals surface area contributed by atoms with Crippen molar-refractivity contribution >= 4 is 11.6 Å². The van der Waals surface area contributed by atoms with Crippen molar-refractivity contribution in [2.75, 3.05) is 18.4 Å². The number of hydrogen-bond donors (Lipinski definition) is 2. The maximum absolute atomic E-state index is 13.0. The second kappa shape index (κ2) is 7.03. The van der Waals surface area contributed by atoms with Crippen LogP contribution in [0.5, 0.6) is 0 Å². The van der Waals surface area contributed by atoms with Crippen LogP contribution in [0.15, 0.2) is 30.3 Å². The first kappa shape index (κ1) is 16.5. The van der Waals surface area contributed by atoms with E-state index in [0.29, 0.717) is 18.2 Å². The molecule has 0 spiro atoms. The van der Waals surface area contributed by atoms with Crippen molar-refractivity contribution in [3.05, 3.63) is 47.5 Å². The zero-order valence-electron chi connectivity index (χ0n) is 14.1. The molecule has 0 aliphatic carbocycles. The molecule has 0 saturated carbocycles. The van der Waals surface area contributed by atoms with E-state index < -0.39 is 0 Å². The van der Waals surface area contributed by atoms with Crippen molar-refractivity contribution in [1.29, 1.82) is 0 Å². The molecular weight excluding hydrogens is 307 g/mol. The smallest absolute Gasteiger partial charge is 0.274 e. The molecule has 1 aliphatic heterocycles. The minimum Gasteiger partial charge on any atom is -0.381 e. The third kappa shape index (κ3) is 3.75. The summed E-state index contributed by atoms with van der Waals surface area (Å²) < 4.78 is 13.0. The van der Waals surface area contributed by atoms with Crippen LogP contribution in [0.3, 0.4) is 0 Å². The largest absolute Gasteiger partial charge is 0.381 e. The normalized spacial score (nSPS) is 18.0. The number of hydrogen-bond acceptors (Lipinski definition) is 3. The van der Waals surface area contributed by atoms with E-state index in [1.807, 2.05) is 11.0 Å². The van der Waals surface area contributed by atoms with E-state index in [2.05, 4.69) is 29.4 Å². The molecule has 1 amide bonds. The molecule has 1 saturated heterocycles. The van der Waals surface area contributed by atoms with Crippen LogP contribution in [-0.2, 0) is 0 Å². The fraction of sp³-hybridized carbons (Fsp3) is 0.444. The summed E-state index contributed by atoms with van der Waals surface area (Å²) in [6, 6.07) is 8.31. The first-order valence-electron chi connectivity index (χ1n) is 8.39. The average molecular weight is 330 g/mol. The second-order valence-corrected chi connectivity index (χ2v) is 6.60. The number of nitrogens with one attached hydrogen (secondary N) is 2. The number of anilines is 1. The fourth-order valence-electron chi connectivity index (χ4n) is 2.97. The molecule has 6 heteroatoms. The molecule has 3 rings (SSSR count). The van der Waals surface area contributed by atoms with Crippen molar-refractivity contribution < 1.29 is 9.18 Å². The second-order valence-electron chi connectivity index (χ2n) is 6.60. The molecule has 2 heterocycles. The van der Waals surface area contributed by atoms with Gasteiger partial charge in [-0.15, -0.1) is 0 Å². The summed E-state index contributed by atoms with van der Waals surface area (Å²) in [5, 5.41) is 10.5. The Morgan fingerprint density at radius 1 is 1.38 bits per heavy atom. The van der Waals surface area contributed by atoms with Crippen LogP contribution >= 0.6 is 0 Å². The van der Waals surface area contributed by atoms with Crippen LogP contribution < -0.4 is 5.32 Å². The summed E-state index contributed by atoms with van der Waals surface area (Å²) in [5.41, 5.74) is 2.31. The van der Waals surface area contributed by atoms with Gasteiger partial charge in [0.15, 0.2) is 0 Å². The highest BCUT2D eigenvalue weighted by atomic mass is 19.1. The molecule has 1 atom stereocenters. The first-order valence-corrected chi connectivity index (χ1v) is 8.39. The lowest BCUT2D eigenvalue weighted by molar-refractivity contribution is 0.0709. The number of rotatable bonds is 4. The monoisotopic (exact) mass is 330 g/mol. The number of piperidine rings is 1. The Kier molecular flexibility index (Phi) is 4.83. The van der Waals surface area contributed by atoms with E-state index in [4.69, 9.17) is 0 Å². The van der Waals surface area contributed by atoms with Crippen molar-refractivity contribution in [2.24, 2.45) is 0 Å². The highest BCUT2D eigenvalue weighted by molar-refractivity contribution is 5.92. The zero-order chi connectivity index (χ0) is 17.1. The van der Waals surface area contributed by atoms with Crippen molar-refractivity contribution in [3.8, 4) is 0 Å². The number of aromatic nitrogens is 2. The number of carbonyl (C=O) groups is 1. The van der Waals surface area contributed by atoms with Gasteiger partial charge in [-0.3, -0.25) is 9.89 Å². The third-order valence-corrected chi connectivity index (χ3v) is 4.36. The van der Waals surface area contributed by atoms with E-state index in [1.165, 1.54) is 12.1 Å². The quantitative estimate of drug-likeness (QED) is 0.903. The van der Waals surface area contributed by atoms with Gasteiger partial charge in [-0.1, -0.05) is 13.8 Å². The lowest BCUT2D eigenvalue weighted by Crippen LogP contribution is -2.45. The van der Waals surface area contributed by atoms with Gasteiger partial charge in [0, 0.05) is 30.5 Å². The Balaban J connectivity index is 1.63. The van der Waals surface area contributed by atoms with E-state index in [1.54, 1.807) is 12.1 Å². The summed E-state index contributed by atoms with van der Waals surface area (Å²) in [6.07, 6.45) is 1.92. The molecule has 5 nitrogen and oxygen atoms in total. The molecule has 128 valence electrons. The Bertz CT molecular complexity index is 695. The van der Waals surface area contributed by atoms with Crippen LogP contribution in [-0.4, -0.2) is 40.1 Å². The van der Waals surface area contributed by atoms with Crippen molar-refractivity contribution in [1.82, 2.24) is 15.1 Å². The van der Waals surface area contributed by atoms with Gasteiger partial charge >= 0.3 is 0 Å². The number of carbonyl (C=O) groups excluding carboxylic acids is 1. The molecule has 0 unspecified atom stereocenters. The van der Waals surface area contributed by atoms with E-state index in [-0.39, 0.29) is 17.8 Å². The Hall–Kier alpha value is -2.37. The molecule has 2 aromatic rings. The maximum Gasteiger partial charge on any atom is 0.274 e. The molecule has 24 heavy (non-hydrogen) atoms. The predicted octanol–water partition coefficient (Wildman–Crippen LogP) is 3.39. The molecule has 1 aromatic heterocycles. The number of amides is 1. The predicted molar refractivity (Wildman–Crippen MR) is 91.6 cm³/mol. The van der Waals surface area contributed by atoms with Crippen LogP contribution in [0.25, 0.3) is 0 Å². The topological polar surface area (TPSA) is 61.0 Å². The summed E-state index contributed by atoms with van der Waals surface area (Å²) in [4.78, 5) is 14.5. The number of likely N-dealkylation sites (tertiary alicyclic amines) is 1. The minimum absolute atomic E-state index is 0.0382. The van der Waals surface area contributed by atoms with Crippen LogP contribution in [0.4, 0.5) is 10.1 Å². The molecular formula is C18H23FN4O. The lowest BCUT2D eigenvalue weighted by atomic mass is 10.0. The van der Waals surface area contributed by atoms with Crippen LogP contribution in [0.2, 0.25) is 0 Å². The summed E-state index contributed by atoms with van der Waals surface area (Å²) in [7, 11) is 0. The van der Waals surface area contributed by atoms with Gasteiger partial charge in [0.25, 0.3) is 5.91 Å². The highest BCUT2D eigenvalue weighted by Gasteiger charge is 2.26. The fourth-order valence-corrected chi connectivity index (χ4v) is 2.97. The van der Waals surface area contributed by atoms with E-state index in [0.717, 1.165) is 30.8 Å². The molecule has 2 N–H and O–H groups in total. The SMILES string of the molecule is CC(C)c1cc(C(=O)N2CCC[C@@H](Nc3ccc(F)cc3)C2)n[nH]1. The first-order chi connectivity index (χ1) is 11.5. The van der Waals surface area contributed by atoms with Gasteiger partial charge in [-0.05, 0) is 49.1 Å². The minimum atomic E-state index is -0.250. The maximum atomic E-state index is 13.0. The summed E-state index contributed by atoms with van der Waals surface area (Å²) in [5.74, 6) is 0.0255. The molecule has 1 aromatic carbocycles. The number of H-pyrrole nitrogens is 1. The van der Waals surface area contributed by atoms with Crippen LogP contribution in [0, 0.1) is 5.82 Å². The van der Waals surface area contributed by atoms with E-state index >= 15 is 0 Å². The van der Waals surface area contributed by atoms with E-state index in [9.17, 15) is 9.18 Å². The molecule has 0 radical (unpaired) electrons. The lowest BCUT2D eigenvalue weighted by Gasteiger charge is -2.33. The van der Waals surface area contributed by atoms with Gasteiger partial charge in [0.2, 0.25) is 0 Å². The molecule has 1 aliphatic rings.